The van der Waals surface area contributed by atoms with Crippen molar-refractivity contribution in [2.45, 2.75) is 6.10 Å². The number of nitrogens with one attached hydrogen (secondary N) is 1. The quantitative estimate of drug-likeness (QED) is 0.829. The lowest BCUT2D eigenvalue weighted by atomic mass is 10.2. The zero-order chi connectivity index (χ0) is 20.2. The summed E-state index contributed by atoms with van der Waals surface area (Å²) < 4.78 is 11.5. The molecule has 0 bridgehead atoms. The van der Waals surface area contributed by atoms with Gasteiger partial charge in [-0.05, 0) is 36.4 Å². The number of hydrogen-bond acceptors (Lipinski definition) is 5. The first-order chi connectivity index (χ1) is 14.1. The molecule has 0 aliphatic carbocycles. The van der Waals surface area contributed by atoms with Crippen LogP contribution in [0, 0.1) is 0 Å². The fourth-order valence-corrected chi connectivity index (χ4v) is 3.53. The van der Waals surface area contributed by atoms with Crippen molar-refractivity contribution < 1.29 is 19.1 Å². The Morgan fingerprint density at radius 1 is 1.00 bits per heavy atom. The number of nitrogens with zero attached hydrogens (tertiary/aromatic N) is 2. The Balaban J connectivity index is 1.24. The number of carbonyl (C=O) groups excluding carboxylic acids is 2. The van der Waals surface area contributed by atoms with Crippen molar-refractivity contribution in [3.05, 3.63) is 53.6 Å². The van der Waals surface area contributed by atoms with Crippen molar-refractivity contribution in [3.8, 4) is 11.5 Å². The second-order valence-corrected chi connectivity index (χ2v) is 7.46. The van der Waals surface area contributed by atoms with Crippen molar-refractivity contribution in [2.24, 2.45) is 0 Å². The molecule has 2 aliphatic rings. The number of fused-ring (bicyclic) bond motifs is 1. The minimum atomic E-state index is -0.635. The summed E-state index contributed by atoms with van der Waals surface area (Å²) in [5, 5.41) is 3.48. The number of anilines is 1. The number of benzene rings is 2. The van der Waals surface area contributed by atoms with Crippen LogP contribution in [-0.2, 0) is 9.59 Å². The molecule has 29 heavy (non-hydrogen) atoms. The molecule has 0 spiro atoms. The molecule has 7 nitrogen and oxygen atoms in total. The molecular formula is C21H22ClN3O4. The van der Waals surface area contributed by atoms with Gasteiger partial charge in [-0.1, -0.05) is 23.7 Å². The van der Waals surface area contributed by atoms with Crippen LogP contribution in [-0.4, -0.2) is 67.0 Å². The van der Waals surface area contributed by atoms with E-state index in [1.54, 1.807) is 35.2 Å². The first kappa shape index (κ1) is 19.5. The van der Waals surface area contributed by atoms with Gasteiger partial charge in [0.25, 0.3) is 5.91 Å². The summed E-state index contributed by atoms with van der Waals surface area (Å²) in [5.74, 6) is 1.08. The zero-order valence-electron chi connectivity index (χ0n) is 15.8. The van der Waals surface area contributed by atoms with Crippen molar-refractivity contribution in [1.82, 2.24) is 9.80 Å². The molecule has 2 aromatic carbocycles. The highest BCUT2D eigenvalue weighted by Gasteiger charge is 2.32. The molecule has 2 heterocycles. The van der Waals surface area contributed by atoms with E-state index in [0.29, 0.717) is 48.4 Å². The fourth-order valence-electron chi connectivity index (χ4n) is 3.41. The Morgan fingerprint density at radius 3 is 2.41 bits per heavy atom. The van der Waals surface area contributed by atoms with Crippen LogP contribution < -0.4 is 14.8 Å². The maximum Gasteiger partial charge on any atom is 0.267 e. The lowest BCUT2D eigenvalue weighted by molar-refractivity contribution is -0.143. The first-order valence-electron chi connectivity index (χ1n) is 9.53. The molecule has 1 N–H and O–H groups in total. The van der Waals surface area contributed by atoms with E-state index in [9.17, 15) is 9.59 Å². The van der Waals surface area contributed by atoms with Gasteiger partial charge in [0, 0.05) is 36.9 Å². The lowest BCUT2D eigenvalue weighted by Gasteiger charge is -2.36. The molecule has 1 atom stereocenters. The lowest BCUT2D eigenvalue weighted by Crippen LogP contribution is -2.54. The van der Waals surface area contributed by atoms with E-state index in [-0.39, 0.29) is 25.0 Å². The summed E-state index contributed by atoms with van der Waals surface area (Å²) in [6.07, 6.45) is -0.635. The second-order valence-electron chi connectivity index (χ2n) is 7.02. The largest absolute Gasteiger partial charge is 0.485 e. The Hall–Kier alpha value is -2.77. The van der Waals surface area contributed by atoms with E-state index in [4.69, 9.17) is 21.1 Å². The third kappa shape index (κ3) is 4.81. The number of amides is 2. The third-order valence-corrected chi connectivity index (χ3v) is 5.22. The molecule has 2 amide bonds. The smallest absolute Gasteiger partial charge is 0.267 e. The Labute approximate surface area is 174 Å². The van der Waals surface area contributed by atoms with Gasteiger partial charge in [0.05, 0.1) is 6.54 Å². The van der Waals surface area contributed by atoms with Crippen LogP contribution in [0.15, 0.2) is 48.5 Å². The van der Waals surface area contributed by atoms with Gasteiger partial charge in [0.2, 0.25) is 12.0 Å². The number of rotatable bonds is 4. The van der Waals surface area contributed by atoms with Gasteiger partial charge in [0.1, 0.15) is 6.61 Å². The maximum atomic E-state index is 12.8. The van der Waals surface area contributed by atoms with E-state index >= 15 is 0 Å². The summed E-state index contributed by atoms with van der Waals surface area (Å²) >= 11 is 5.85. The van der Waals surface area contributed by atoms with E-state index < -0.39 is 6.10 Å². The molecule has 0 radical (unpaired) electrons. The average molecular weight is 416 g/mol. The normalized spacial score (nSPS) is 18.9. The Bertz CT molecular complexity index is 882. The van der Waals surface area contributed by atoms with Crippen LogP contribution in [0.5, 0.6) is 11.5 Å². The van der Waals surface area contributed by atoms with Crippen LogP contribution in [0.4, 0.5) is 5.69 Å². The molecule has 0 aromatic heterocycles. The predicted molar refractivity (Wildman–Crippen MR) is 109 cm³/mol. The Morgan fingerprint density at radius 2 is 1.69 bits per heavy atom. The topological polar surface area (TPSA) is 71.1 Å². The highest BCUT2D eigenvalue weighted by atomic mass is 35.5. The van der Waals surface area contributed by atoms with Gasteiger partial charge >= 0.3 is 0 Å². The molecule has 1 saturated heterocycles. The molecule has 1 fully saturated rings. The van der Waals surface area contributed by atoms with Crippen LogP contribution in [0.25, 0.3) is 0 Å². The van der Waals surface area contributed by atoms with Crippen molar-refractivity contribution in [2.75, 3.05) is 44.6 Å². The van der Waals surface area contributed by atoms with E-state index in [1.165, 1.54) is 0 Å². The van der Waals surface area contributed by atoms with Gasteiger partial charge in [0.15, 0.2) is 11.5 Å². The number of hydrogen-bond donors (Lipinski definition) is 1. The molecule has 8 heteroatoms. The van der Waals surface area contributed by atoms with E-state index in [1.807, 2.05) is 23.1 Å². The number of halogens is 1. The molecule has 4 rings (SSSR count). The Kier molecular flexibility index (Phi) is 5.87. The number of carbonyl (C=O) groups is 2. The molecule has 2 aromatic rings. The van der Waals surface area contributed by atoms with Crippen LogP contribution in [0.3, 0.4) is 0 Å². The summed E-state index contributed by atoms with van der Waals surface area (Å²) in [6, 6.07) is 14.3. The maximum absolute atomic E-state index is 12.8. The highest BCUT2D eigenvalue weighted by molar-refractivity contribution is 6.30. The standard InChI is InChI=1S/C21H22ClN3O4/c22-15-5-7-16(8-6-15)23-20(26)13-24-9-11-25(12-10-24)21(27)19-14-28-17-3-1-2-4-18(17)29-19/h1-8,19H,9-14H2,(H,23,26)/t19-/m1/s1. The fraction of sp³-hybridized carbons (Fsp3) is 0.333. The van der Waals surface area contributed by atoms with E-state index in [2.05, 4.69) is 5.32 Å². The molecule has 2 aliphatic heterocycles. The van der Waals surface area contributed by atoms with Crippen LogP contribution in [0.2, 0.25) is 5.02 Å². The summed E-state index contributed by atoms with van der Waals surface area (Å²) in [5.41, 5.74) is 0.711. The van der Waals surface area contributed by atoms with Gasteiger partial charge < -0.3 is 19.7 Å². The van der Waals surface area contributed by atoms with Crippen molar-refractivity contribution in [3.63, 3.8) is 0 Å². The van der Waals surface area contributed by atoms with E-state index in [0.717, 1.165) is 0 Å². The van der Waals surface area contributed by atoms with Crippen molar-refractivity contribution in [1.29, 1.82) is 0 Å². The minimum Gasteiger partial charge on any atom is -0.485 e. The number of piperazine rings is 1. The third-order valence-electron chi connectivity index (χ3n) is 4.96. The van der Waals surface area contributed by atoms with Gasteiger partial charge in [-0.15, -0.1) is 0 Å². The highest BCUT2D eigenvalue weighted by Crippen LogP contribution is 2.31. The van der Waals surface area contributed by atoms with Gasteiger partial charge in [-0.2, -0.15) is 0 Å². The molecular weight excluding hydrogens is 394 g/mol. The SMILES string of the molecule is O=C(CN1CCN(C(=O)[C@H]2COc3ccccc3O2)CC1)Nc1ccc(Cl)cc1. The number of ether oxygens (including phenoxy) is 2. The molecule has 0 unspecified atom stereocenters. The summed E-state index contributed by atoms with van der Waals surface area (Å²) in [4.78, 5) is 28.8. The first-order valence-corrected chi connectivity index (χ1v) is 9.91. The van der Waals surface area contributed by atoms with Crippen LogP contribution in [0.1, 0.15) is 0 Å². The predicted octanol–water partition coefficient (Wildman–Crippen LogP) is 2.26. The summed E-state index contributed by atoms with van der Waals surface area (Å²) in [7, 11) is 0. The average Bonchev–Trinajstić information content (AvgIpc) is 2.75. The minimum absolute atomic E-state index is 0.0789. The van der Waals surface area contributed by atoms with Crippen molar-refractivity contribution >= 4 is 29.1 Å². The van der Waals surface area contributed by atoms with Gasteiger partial charge in [-0.25, -0.2) is 0 Å². The zero-order valence-corrected chi connectivity index (χ0v) is 16.6. The monoisotopic (exact) mass is 415 g/mol. The molecule has 152 valence electrons. The number of para-hydroxylation sites is 2. The van der Waals surface area contributed by atoms with Crippen LogP contribution >= 0.6 is 11.6 Å². The second kappa shape index (κ2) is 8.71. The molecule has 0 saturated carbocycles. The van der Waals surface area contributed by atoms with Gasteiger partial charge in [-0.3, -0.25) is 14.5 Å². The summed E-state index contributed by atoms with van der Waals surface area (Å²) in [6.45, 7) is 2.84.